The van der Waals surface area contributed by atoms with Crippen LogP contribution in [0.1, 0.15) is 12.0 Å². The molecule has 1 unspecified atom stereocenters. The minimum absolute atomic E-state index is 0.0558. The average molecular weight is 347 g/mol. The van der Waals surface area contributed by atoms with E-state index < -0.39 is 15.5 Å². The highest BCUT2D eigenvalue weighted by Gasteiger charge is 2.37. The Bertz CT molecular complexity index is 819. The van der Waals surface area contributed by atoms with Gasteiger partial charge in [0.1, 0.15) is 5.25 Å². The van der Waals surface area contributed by atoms with E-state index >= 15 is 0 Å². The van der Waals surface area contributed by atoms with Gasteiger partial charge < -0.3 is 4.90 Å². The number of hydrogen-bond acceptors (Lipinski definition) is 3. The van der Waals surface area contributed by atoms with E-state index in [0.717, 1.165) is 16.7 Å². The number of rotatable bonds is 5. The minimum Gasteiger partial charge on any atom is -0.341 e. The molecule has 1 atom stereocenters. The van der Waals surface area contributed by atoms with E-state index in [-0.39, 0.29) is 18.9 Å². The largest absolute Gasteiger partial charge is 0.341 e. The van der Waals surface area contributed by atoms with E-state index in [2.05, 4.69) is 0 Å². The van der Waals surface area contributed by atoms with Crippen LogP contribution in [-0.4, -0.2) is 37.6 Å². The standard InChI is InChI=1S/C18H18FNO3S/c19-24(22,23)17-12-18(21)20(13-17)11-10-14-6-8-16(9-7-14)15-4-2-1-3-5-15/h1-9,17H,10-13H2. The van der Waals surface area contributed by atoms with Gasteiger partial charge in [-0.3, -0.25) is 4.79 Å². The predicted octanol–water partition coefficient (Wildman–Crippen LogP) is 2.80. The van der Waals surface area contributed by atoms with E-state index in [1.54, 1.807) is 0 Å². The van der Waals surface area contributed by atoms with Gasteiger partial charge in [-0.25, -0.2) is 0 Å². The first-order valence-corrected chi connectivity index (χ1v) is 9.24. The lowest BCUT2D eigenvalue weighted by atomic mass is 10.0. The van der Waals surface area contributed by atoms with Crippen LogP contribution in [0.4, 0.5) is 3.89 Å². The lowest BCUT2D eigenvalue weighted by Gasteiger charge is -2.16. The summed E-state index contributed by atoms with van der Waals surface area (Å²) in [5.74, 6) is -0.304. The summed E-state index contributed by atoms with van der Waals surface area (Å²) in [6, 6.07) is 18.0. The molecule has 1 aliphatic heterocycles. The Hall–Kier alpha value is -2.21. The summed E-state index contributed by atoms with van der Waals surface area (Å²) >= 11 is 0. The molecule has 24 heavy (non-hydrogen) atoms. The molecule has 0 aromatic heterocycles. The predicted molar refractivity (Wildman–Crippen MR) is 90.6 cm³/mol. The molecule has 3 rings (SSSR count). The van der Waals surface area contributed by atoms with Gasteiger partial charge in [-0.05, 0) is 23.1 Å². The molecular formula is C18H18FNO3S. The Morgan fingerprint density at radius 3 is 2.21 bits per heavy atom. The first kappa shape index (κ1) is 16.6. The molecule has 0 bridgehead atoms. The molecule has 1 fully saturated rings. The molecule has 2 aromatic carbocycles. The third kappa shape index (κ3) is 3.82. The summed E-state index contributed by atoms with van der Waals surface area (Å²) in [5.41, 5.74) is 3.30. The average Bonchev–Trinajstić information content (AvgIpc) is 2.95. The van der Waals surface area contributed by atoms with Crippen molar-refractivity contribution in [2.24, 2.45) is 0 Å². The molecule has 0 aliphatic carbocycles. The molecule has 1 heterocycles. The fourth-order valence-corrected chi connectivity index (χ4v) is 3.60. The zero-order valence-electron chi connectivity index (χ0n) is 13.1. The van der Waals surface area contributed by atoms with Crippen LogP contribution < -0.4 is 0 Å². The van der Waals surface area contributed by atoms with Gasteiger partial charge in [0.25, 0.3) is 0 Å². The highest BCUT2D eigenvalue weighted by atomic mass is 32.3. The van der Waals surface area contributed by atoms with Gasteiger partial charge in [0, 0.05) is 19.5 Å². The van der Waals surface area contributed by atoms with Crippen LogP contribution in [0.5, 0.6) is 0 Å². The molecule has 1 amide bonds. The van der Waals surface area contributed by atoms with Crippen molar-refractivity contribution in [1.82, 2.24) is 4.90 Å². The third-order valence-corrected chi connectivity index (χ3v) is 5.42. The van der Waals surface area contributed by atoms with Gasteiger partial charge in [-0.2, -0.15) is 8.42 Å². The van der Waals surface area contributed by atoms with E-state index in [1.807, 2.05) is 54.6 Å². The van der Waals surface area contributed by atoms with Crippen molar-refractivity contribution in [2.75, 3.05) is 13.1 Å². The topological polar surface area (TPSA) is 54.5 Å². The smallest absolute Gasteiger partial charge is 0.307 e. The fraction of sp³-hybridized carbons (Fsp3) is 0.278. The van der Waals surface area contributed by atoms with E-state index in [4.69, 9.17) is 0 Å². The van der Waals surface area contributed by atoms with Gasteiger partial charge in [0.15, 0.2) is 0 Å². The second-order valence-corrected chi connectivity index (χ2v) is 7.57. The number of hydrogen-bond donors (Lipinski definition) is 0. The van der Waals surface area contributed by atoms with Crippen molar-refractivity contribution in [1.29, 1.82) is 0 Å². The Balaban J connectivity index is 1.60. The van der Waals surface area contributed by atoms with Crippen molar-refractivity contribution >= 4 is 16.1 Å². The van der Waals surface area contributed by atoms with Crippen LogP contribution in [0.25, 0.3) is 11.1 Å². The number of likely N-dealkylation sites (tertiary alicyclic amines) is 1. The highest BCUT2D eigenvalue weighted by molar-refractivity contribution is 7.87. The van der Waals surface area contributed by atoms with Gasteiger partial charge in [0.05, 0.1) is 0 Å². The molecular weight excluding hydrogens is 329 g/mol. The monoisotopic (exact) mass is 347 g/mol. The van der Waals surface area contributed by atoms with Crippen molar-refractivity contribution in [3.05, 3.63) is 60.2 Å². The molecule has 4 nitrogen and oxygen atoms in total. The summed E-state index contributed by atoms with van der Waals surface area (Å²) in [6.45, 7) is 0.343. The van der Waals surface area contributed by atoms with Crippen LogP contribution in [0, 0.1) is 0 Å². The second kappa shape index (κ2) is 6.73. The number of carbonyl (C=O) groups is 1. The molecule has 0 spiro atoms. The number of benzene rings is 2. The maximum absolute atomic E-state index is 13.0. The van der Waals surface area contributed by atoms with Gasteiger partial charge in [0.2, 0.25) is 5.91 Å². The van der Waals surface area contributed by atoms with E-state index in [1.165, 1.54) is 4.90 Å². The molecule has 0 saturated carbocycles. The summed E-state index contributed by atoms with van der Waals surface area (Å²) in [4.78, 5) is 13.2. The van der Waals surface area contributed by atoms with Crippen LogP contribution in [0.2, 0.25) is 0 Å². The Morgan fingerprint density at radius 1 is 1.00 bits per heavy atom. The van der Waals surface area contributed by atoms with Gasteiger partial charge in [-0.1, -0.05) is 54.6 Å². The van der Waals surface area contributed by atoms with Crippen LogP contribution in [0.15, 0.2) is 54.6 Å². The molecule has 0 N–H and O–H groups in total. The van der Waals surface area contributed by atoms with Crippen molar-refractivity contribution in [3.8, 4) is 11.1 Å². The minimum atomic E-state index is -4.65. The van der Waals surface area contributed by atoms with Gasteiger partial charge in [-0.15, -0.1) is 3.89 Å². The lowest BCUT2D eigenvalue weighted by molar-refractivity contribution is -0.127. The Kier molecular flexibility index (Phi) is 4.66. The molecule has 2 aromatic rings. The first-order valence-electron chi connectivity index (χ1n) is 7.79. The molecule has 1 saturated heterocycles. The fourth-order valence-electron chi connectivity index (χ4n) is 2.90. The summed E-state index contributed by atoms with van der Waals surface area (Å²) in [6.07, 6.45) is 0.353. The summed E-state index contributed by atoms with van der Waals surface area (Å²) < 4.78 is 34.9. The lowest BCUT2D eigenvalue weighted by Crippen LogP contribution is -2.29. The van der Waals surface area contributed by atoms with Crippen LogP contribution in [0.3, 0.4) is 0 Å². The molecule has 6 heteroatoms. The number of amides is 1. The second-order valence-electron chi connectivity index (χ2n) is 5.95. The van der Waals surface area contributed by atoms with E-state index in [0.29, 0.717) is 13.0 Å². The molecule has 126 valence electrons. The zero-order valence-corrected chi connectivity index (χ0v) is 13.9. The Morgan fingerprint density at radius 2 is 1.62 bits per heavy atom. The third-order valence-electron chi connectivity index (χ3n) is 4.31. The van der Waals surface area contributed by atoms with Crippen molar-refractivity contribution in [3.63, 3.8) is 0 Å². The number of carbonyl (C=O) groups excluding carboxylic acids is 1. The maximum Gasteiger partial charge on any atom is 0.307 e. The van der Waals surface area contributed by atoms with Crippen LogP contribution >= 0.6 is 0 Å². The molecule has 1 aliphatic rings. The Labute approximate surface area is 141 Å². The van der Waals surface area contributed by atoms with Gasteiger partial charge >= 0.3 is 10.2 Å². The summed E-state index contributed by atoms with van der Waals surface area (Å²) in [5, 5.41) is -1.22. The van der Waals surface area contributed by atoms with E-state index in [9.17, 15) is 17.1 Å². The first-order chi connectivity index (χ1) is 11.4. The maximum atomic E-state index is 13.0. The number of halogens is 1. The van der Waals surface area contributed by atoms with Crippen molar-refractivity contribution in [2.45, 2.75) is 18.1 Å². The van der Waals surface area contributed by atoms with Crippen LogP contribution in [-0.2, 0) is 21.4 Å². The van der Waals surface area contributed by atoms with Crippen molar-refractivity contribution < 1.29 is 17.1 Å². The zero-order chi connectivity index (χ0) is 17.2. The quantitative estimate of drug-likeness (QED) is 0.782. The SMILES string of the molecule is O=C1CC(S(=O)(=O)F)CN1CCc1ccc(-c2ccccc2)cc1. The molecule has 0 radical (unpaired) electrons. The number of nitrogens with zero attached hydrogens (tertiary/aromatic N) is 1. The summed E-state index contributed by atoms with van der Waals surface area (Å²) in [7, 11) is -4.65. The normalized spacial score (nSPS) is 18.1. The highest BCUT2D eigenvalue weighted by Crippen LogP contribution is 2.22.